The second kappa shape index (κ2) is 5.04. The maximum atomic E-state index is 13.9. The van der Waals surface area contributed by atoms with Crippen LogP contribution in [-0.4, -0.2) is 31.2 Å². The molecular weight excluding hydrogens is 249 g/mol. The van der Waals surface area contributed by atoms with E-state index >= 15 is 0 Å². The van der Waals surface area contributed by atoms with E-state index < -0.39 is 0 Å². The molecule has 0 unspecified atom stereocenters. The van der Waals surface area contributed by atoms with Crippen LogP contribution in [0, 0.1) is 5.82 Å². The minimum atomic E-state index is -0.157. The predicted octanol–water partition coefficient (Wildman–Crippen LogP) is 2.36. The minimum absolute atomic E-state index is 0.157. The number of thiazole rings is 1. The summed E-state index contributed by atoms with van der Waals surface area (Å²) >= 11 is 1.55. The molecule has 0 radical (unpaired) electrons. The fraction of sp³-hybridized carbons (Fsp3) is 0.308. The van der Waals surface area contributed by atoms with Gasteiger partial charge in [0.15, 0.2) is 0 Å². The fourth-order valence-corrected chi connectivity index (χ4v) is 2.74. The Labute approximate surface area is 109 Å². The van der Waals surface area contributed by atoms with Crippen molar-refractivity contribution in [3.63, 3.8) is 0 Å². The van der Waals surface area contributed by atoms with Crippen molar-refractivity contribution in [2.45, 2.75) is 0 Å². The van der Waals surface area contributed by atoms with Crippen molar-refractivity contribution in [1.29, 1.82) is 0 Å². The van der Waals surface area contributed by atoms with Gasteiger partial charge in [-0.3, -0.25) is 0 Å². The quantitative estimate of drug-likeness (QED) is 0.901. The average molecular weight is 263 g/mol. The lowest BCUT2D eigenvalue weighted by molar-refractivity contribution is 0.566. The van der Waals surface area contributed by atoms with E-state index in [0.29, 0.717) is 5.69 Å². The van der Waals surface area contributed by atoms with E-state index in [1.54, 1.807) is 22.9 Å². The van der Waals surface area contributed by atoms with E-state index in [4.69, 9.17) is 0 Å². The fourth-order valence-electron chi connectivity index (χ4n) is 2.18. The van der Waals surface area contributed by atoms with Gasteiger partial charge < -0.3 is 10.2 Å². The van der Waals surface area contributed by atoms with Gasteiger partial charge in [0.1, 0.15) is 5.82 Å². The Bertz CT molecular complexity index is 521. The third kappa shape index (κ3) is 2.23. The van der Waals surface area contributed by atoms with Gasteiger partial charge in [-0.05, 0) is 18.2 Å². The Kier molecular flexibility index (Phi) is 3.25. The maximum absolute atomic E-state index is 13.9. The molecule has 1 aromatic heterocycles. The zero-order chi connectivity index (χ0) is 12.4. The van der Waals surface area contributed by atoms with Crippen LogP contribution < -0.4 is 10.2 Å². The number of aromatic nitrogens is 1. The molecule has 3 nitrogen and oxygen atoms in total. The Hall–Kier alpha value is -1.46. The molecule has 2 aromatic rings. The number of hydrogen-bond acceptors (Lipinski definition) is 4. The largest absolute Gasteiger partial charge is 0.367 e. The molecule has 0 aliphatic carbocycles. The zero-order valence-electron chi connectivity index (χ0n) is 9.90. The first-order chi connectivity index (χ1) is 8.84. The lowest BCUT2D eigenvalue weighted by atomic mass is 10.1. The van der Waals surface area contributed by atoms with Crippen LogP contribution >= 0.6 is 11.3 Å². The summed E-state index contributed by atoms with van der Waals surface area (Å²) < 4.78 is 13.9. The van der Waals surface area contributed by atoms with Gasteiger partial charge in [-0.1, -0.05) is 0 Å². The van der Waals surface area contributed by atoms with Gasteiger partial charge in [0.25, 0.3) is 0 Å². The number of halogens is 1. The number of nitrogens with zero attached hydrogens (tertiary/aromatic N) is 2. The zero-order valence-corrected chi connectivity index (χ0v) is 10.7. The lowest BCUT2D eigenvalue weighted by Crippen LogP contribution is -2.43. The van der Waals surface area contributed by atoms with Crippen LogP contribution in [0.1, 0.15) is 0 Å². The van der Waals surface area contributed by atoms with E-state index in [1.165, 1.54) is 6.07 Å². The monoisotopic (exact) mass is 263 g/mol. The molecule has 1 N–H and O–H groups in total. The van der Waals surface area contributed by atoms with Crippen LogP contribution in [0.15, 0.2) is 29.1 Å². The van der Waals surface area contributed by atoms with Crippen LogP contribution in [0.25, 0.3) is 11.3 Å². The normalized spacial score (nSPS) is 15.9. The molecule has 5 heteroatoms. The second-order valence-corrected chi connectivity index (χ2v) is 5.00. The highest BCUT2D eigenvalue weighted by atomic mass is 32.1. The van der Waals surface area contributed by atoms with Gasteiger partial charge in [-0.2, -0.15) is 0 Å². The van der Waals surface area contributed by atoms with Crippen LogP contribution in [0.3, 0.4) is 0 Å². The molecule has 0 saturated carbocycles. The van der Waals surface area contributed by atoms with Crippen molar-refractivity contribution in [3.05, 3.63) is 34.9 Å². The summed E-state index contributed by atoms with van der Waals surface area (Å²) in [7, 11) is 0. The van der Waals surface area contributed by atoms with Gasteiger partial charge in [-0.15, -0.1) is 11.3 Å². The summed E-state index contributed by atoms with van der Waals surface area (Å²) in [6.07, 6.45) is 0. The summed E-state index contributed by atoms with van der Waals surface area (Å²) in [6.45, 7) is 3.50. The lowest BCUT2D eigenvalue weighted by Gasteiger charge is -2.30. The van der Waals surface area contributed by atoms with Crippen LogP contribution in [0.4, 0.5) is 10.1 Å². The summed E-state index contributed by atoms with van der Waals surface area (Å²) in [6, 6.07) is 5.22. The third-order valence-electron chi connectivity index (χ3n) is 3.13. The molecular formula is C13H14FN3S. The Morgan fingerprint density at radius 2 is 2.11 bits per heavy atom. The highest BCUT2D eigenvalue weighted by Gasteiger charge is 2.15. The summed E-state index contributed by atoms with van der Waals surface area (Å²) in [4.78, 5) is 6.35. The first-order valence-electron chi connectivity index (χ1n) is 5.98. The van der Waals surface area contributed by atoms with Crippen LogP contribution in [0.5, 0.6) is 0 Å². The standard InChI is InChI=1S/C13H14FN3S/c14-11-2-1-10(12-8-18-9-16-12)7-13(11)17-5-3-15-4-6-17/h1-2,7-9,15H,3-6H2. The molecule has 3 rings (SSSR count). The molecule has 18 heavy (non-hydrogen) atoms. The van der Waals surface area contributed by atoms with Crippen molar-refractivity contribution in [2.75, 3.05) is 31.1 Å². The van der Waals surface area contributed by atoms with E-state index in [-0.39, 0.29) is 5.82 Å². The predicted molar refractivity (Wildman–Crippen MR) is 72.6 cm³/mol. The first kappa shape index (κ1) is 11.6. The molecule has 0 atom stereocenters. The van der Waals surface area contributed by atoms with E-state index in [1.807, 2.05) is 11.4 Å². The van der Waals surface area contributed by atoms with Crippen molar-refractivity contribution in [1.82, 2.24) is 10.3 Å². The number of piperazine rings is 1. The number of anilines is 1. The summed E-state index contributed by atoms with van der Waals surface area (Å²) in [5.41, 5.74) is 4.37. The minimum Gasteiger partial charge on any atom is -0.367 e. The molecule has 0 amide bonds. The molecule has 94 valence electrons. The highest BCUT2D eigenvalue weighted by Crippen LogP contribution is 2.27. The van der Waals surface area contributed by atoms with E-state index in [9.17, 15) is 4.39 Å². The van der Waals surface area contributed by atoms with E-state index in [2.05, 4.69) is 15.2 Å². The molecule has 2 heterocycles. The maximum Gasteiger partial charge on any atom is 0.146 e. The van der Waals surface area contributed by atoms with Gasteiger partial charge in [0, 0.05) is 37.1 Å². The molecule has 0 spiro atoms. The summed E-state index contributed by atoms with van der Waals surface area (Å²) in [5, 5.41) is 5.25. The Morgan fingerprint density at radius 3 is 2.83 bits per heavy atom. The smallest absolute Gasteiger partial charge is 0.146 e. The molecule has 1 aliphatic heterocycles. The molecule has 1 aromatic carbocycles. The third-order valence-corrected chi connectivity index (χ3v) is 3.72. The number of hydrogen-bond donors (Lipinski definition) is 1. The van der Waals surface area contributed by atoms with E-state index in [0.717, 1.165) is 37.4 Å². The van der Waals surface area contributed by atoms with Crippen LogP contribution in [-0.2, 0) is 0 Å². The number of nitrogens with one attached hydrogen (secondary N) is 1. The molecule has 1 fully saturated rings. The average Bonchev–Trinajstić information content (AvgIpc) is 2.94. The molecule has 1 saturated heterocycles. The van der Waals surface area contributed by atoms with Crippen molar-refractivity contribution in [2.24, 2.45) is 0 Å². The Morgan fingerprint density at radius 1 is 1.28 bits per heavy atom. The van der Waals surface area contributed by atoms with Crippen LogP contribution in [0.2, 0.25) is 0 Å². The van der Waals surface area contributed by atoms with Gasteiger partial charge in [0.05, 0.1) is 16.9 Å². The van der Waals surface area contributed by atoms with Crippen molar-refractivity contribution >= 4 is 17.0 Å². The topological polar surface area (TPSA) is 28.2 Å². The Balaban J connectivity index is 1.95. The molecule has 0 bridgehead atoms. The van der Waals surface area contributed by atoms with Crippen molar-refractivity contribution in [3.8, 4) is 11.3 Å². The first-order valence-corrected chi connectivity index (χ1v) is 6.92. The molecule has 1 aliphatic rings. The number of rotatable bonds is 2. The van der Waals surface area contributed by atoms with Gasteiger partial charge in [-0.25, -0.2) is 9.37 Å². The van der Waals surface area contributed by atoms with Crippen molar-refractivity contribution < 1.29 is 4.39 Å². The number of benzene rings is 1. The highest BCUT2D eigenvalue weighted by molar-refractivity contribution is 7.07. The van der Waals surface area contributed by atoms with Gasteiger partial charge >= 0.3 is 0 Å². The summed E-state index contributed by atoms with van der Waals surface area (Å²) in [5.74, 6) is -0.157. The second-order valence-electron chi connectivity index (χ2n) is 4.28. The SMILES string of the molecule is Fc1ccc(-c2cscn2)cc1N1CCNCC1. The van der Waals surface area contributed by atoms with Gasteiger partial charge in [0.2, 0.25) is 0 Å².